The largest absolute Gasteiger partial charge is 0.492 e. The number of carbonyl (C=O) groups is 1. The zero-order chi connectivity index (χ0) is 17.6. The van der Waals surface area contributed by atoms with Gasteiger partial charge in [-0.05, 0) is 68.9 Å². The number of fused-ring (bicyclic) bond motifs is 1. The Bertz CT molecular complexity index is 742. The van der Waals surface area contributed by atoms with Crippen molar-refractivity contribution in [2.24, 2.45) is 0 Å². The van der Waals surface area contributed by atoms with Gasteiger partial charge in [0.25, 0.3) is 5.91 Å². The van der Waals surface area contributed by atoms with E-state index in [0.29, 0.717) is 18.0 Å². The molecule has 0 bridgehead atoms. The molecule has 1 atom stereocenters. The van der Waals surface area contributed by atoms with Gasteiger partial charge in [-0.1, -0.05) is 24.3 Å². The molecule has 2 aromatic carbocycles. The molecule has 0 aliphatic heterocycles. The lowest BCUT2D eigenvalue weighted by atomic mass is 9.91. The van der Waals surface area contributed by atoms with E-state index in [0.717, 1.165) is 18.6 Å². The van der Waals surface area contributed by atoms with Crippen LogP contribution < -0.4 is 14.8 Å². The van der Waals surface area contributed by atoms with E-state index in [-0.39, 0.29) is 5.91 Å². The summed E-state index contributed by atoms with van der Waals surface area (Å²) in [4.78, 5) is 12.5. The topological polar surface area (TPSA) is 47.6 Å². The van der Waals surface area contributed by atoms with E-state index in [1.165, 1.54) is 24.0 Å². The van der Waals surface area contributed by atoms with Gasteiger partial charge in [-0.2, -0.15) is 0 Å². The molecule has 132 valence electrons. The Kier molecular flexibility index (Phi) is 5.59. The predicted octanol–water partition coefficient (Wildman–Crippen LogP) is 4.37. The van der Waals surface area contributed by atoms with Gasteiger partial charge in [-0.25, -0.2) is 0 Å². The fourth-order valence-electron chi connectivity index (χ4n) is 3.19. The fourth-order valence-corrected chi connectivity index (χ4v) is 3.19. The van der Waals surface area contributed by atoms with Crippen molar-refractivity contribution in [3.8, 4) is 11.5 Å². The lowest BCUT2D eigenvalue weighted by Crippen LogP contribution is -2.30. The molecule has 0 spiro atoms. The number of amides is 1. The maximum atomic E-state index is 12.5. The molecule has 0 saturated carbocycles. The van der Waals surface area contributed by atoms with Crippen LogP contribution in [0.25, 0.3) is 0 Å². The zero-order valence-corrected chi connectivity index (χ0v) is 14.9. The molecule has 4 heteroatoms. The van der Waals surface area contributed by atoms with Crippen molar-refractivity contribution in [2.75, 3.05) is 11.9 Å². The average Bonchev–Trinajstić information content (AvgIpc) is 2.64. The lowest BCUT2D eigenvalue weighted by molar-refractivity contribution is -0.122. The van der Waals surface area contributed by atoms with Crippen LogP contribution in [-0.2, 0) is 17.6 Å². The zero-order valence-electron chi connectivity index (χ0n) is 14.9. The average molecular weight is 339 g/mol. The minimum Gasteiger partial charge on any atom is -0.492 e. The Hall–Kier alpha value is -2.49. The molecule has 0 aromatic heterocycles. The number of para-hydroxylation sites is 2. The smallest absolute Gasteiger partial charge is 0.265 e. The second-order valence-corrected chi connectivity index (χ2v) is 6.28. The van der Waals surface area contributed by atoms with Crippen molar-refractivity contribution >= 4 is 11.6 Å². The first-order valence-corrected chi connectivity index (χ1v) is 8.99. The Morgan fingerprint density at radius 3 is 2.68 bits per heavy atom. The summed E-state index contributed by atoms with van der Waals surface area (Å²) >= 11 is 0. The summed E-state index contributed by atoms with van der Waals surface area (Å²) < 4.78 is 11.5. The molecule has 4 nitrogen and oxygen atoms in total. The van der Waals surface area contributed by atoms with Crippen LogP contribution in [0.3, 0.4) is 0 Å². The van der Waals surface area contributed by atoms with Gasteiger partial charge >= 0.3 is 0 Å². The third kappa shape index (κ3) is 4.13. The third-order valence-corrected chi connectivity index (χ3v) is 4.47. The monoisotopic (exact) mass is 339 g/mol. The van der Waals surface area contributed by atoms with E-state index in [4.69, 9.17) is 9.47 Å². The van der Waals surface area contributed by atoms with Gasteiger partial charge in [0.15, 0.2) is 6.10 Å². The van der Waals surface area contributed by atoms with Crippen LogP contribution in [0.2, 0.25) is 0 Å². The summed E-state index contributed by atoms with van der Waals surface area (Å²) in [6.07, 6.45) is 3.93. The molecule has 1 aliphatic carbocycles. The number of carbonyl (C=O) groups excluding carboxylic acids is 1. The number of nitrogens with one attached hydrogen (secondary N) is 1. The number of rotatable bonds is 6. The maximum absolute atomic E-state index is 12.5. The molecule has 0 fully saturated rings. The number of hydrogen-bond acceptors (Lipinski definition) is 3. The van der Waals surface area contributed by atoms with E-state index < -0.39 is 6.10 Å². The maximum Gasteiger partial charge on any atom is 0.265 e. The SMILES string of the molecule is CCOc1ccccc1NC(=O)[C@H](C)Oc1cccc2c1CCCC2. The highest BCUT2D eigenvalue weighted by Crippen LogP contribution is 2.30. The molecule has 25 heavy (non-hydrogen) atoms. The number of anilines is 1. The summed E-state index contributed by atoms with van der Waals surface area (Å²) in [5.41, 5.74) is 3.26. The van der Waals surface area contributed by atoms with Gasteiger partial charge in [0, 0.05) is 0 Å². The Labute approximate surface area is 149 Å². The van der Waals surface area contributed by atoms with Crippen LogP contribution in [0, 0.1) is 0 Å². The molecule has 1 amide bonds. The molecule has 1 N–H and O–H groups in total. The summed E-state index contributed by atoms with van der Waals surface area (Å²) in [5, 5.41) is 2.91. The molecular formula is C21H25NO3. The van der Waals surface area contributed by atoms with Crippen molar-refractivity contribution in [1.82, 2.24) is 0 Å². The van der Waals surface area contributed by atoms with E-state index >= 15 is 0 Å². The number of aryl methyl sites for hydroxylation is 1. The molecule has 1 aliphatic rings. The minimum atomic E-state index is -0.580. The van der Waals surface area contributed by atoms with Crippen LogP contribution in [0.4, 0.5) is 5.69 Å². The van der Waals surface area contributed by atoms with Gasteiger partial charge in [0.2, 0.25) is 0 Å². The molecular weight excluding hydrogens is 314 g/mol. The number of ether oxygens (including phenoxy) is 2. The summed E-state index contributed by atoms with van der Waals surface area (Å²) in [6, 6.07) is 13.6. The van der Waals surface area contributed by atoms with Gasteiger partial charge in [0.05, 0.1) is 12.3 Å². The second kappa shape index (κ2) is 8.06. The van der Waals surface area contributed by atoms with Gasteiger partial charge in [0.1, 0.15) is 11.5 Å². The van der Waals surface area contributed by atoms with Crippen molar-refractivity contribution in [1.29, 1.82) is 0 Å². The Morgan fingerprint density at radius 1 is 1.08 bits per heavy atom. The van der Waals surface area contributed by atoms with Crippen LogP contribution >= 0.6 is 0 Å². The molecule has 3 rings (SSSR count). The highest BCUT2D eigenvalue weighted by atomic mass is 16.5. The van der Waals surface area contributed by atoms with E-state index in [9.17, 15) is 4.79 Å². The van der Waals surface area contributed by atoms with Crippen molar-refractivity contribution in [3.05, 3.63) is 53.6 Å². The molecule has 2 aromatic rings. The second-order valence-electron chi connectivity index (χ2n) is 6.28. The molecule has 0 radical (unpaired) electrons. The Balaban J connectivity index is 1.70. The highest BCUT2D eigenvalue weighted by molar-refractivity contribution is 5.95. The number of benzene rings is 2. The van der Waals surface area contributed by atoms with Gasteiger partial charge in [-0.3, -0.25) is 4.79 Å². The summed E-state index contributed by atoms with van der Waals surface area (Å²) in [5.74, 6) is 1.32. The summed E-state index contributed by atoms with van der Waals surface area (Å²) in [7, 11) is 0. The van der Waals surface area contributed by atoms with E-state index in [1.54, 1.807) is 6.92 Å². The molecule has 0 saturated heterocycles. The first-order valence-electron chi connectivity index (χ1n) is 8.99. The minimum absolute atomic E-state index is 0.180. The lowest BCUT2D eigenvalue weighted by Gasteiger charge is -2.22. The number of hydrogen-bond donors (Lipinski definition) is 1. The molecule has 0 unspecified atom stereocenters. The van der Waals surface area contributed by atoms with Crippen molar-refractivity contribution < 1.29 is 14.3 Å². The van der Waals surface area contributed by atoms with Gasteiger partial charge < -0.3 is 14.8 Å². The third-order valence-electron chi connectivity index (χ3n) is 4.47. The van der Waals surface area contributed by atoms with Crippen molar-refractivity contribution in [3.63, 3.8) is 0 Å². The predicted molar refractivity (Wildman–Crippen MR) is 99.4 cm³/mol. The fraction of sp³-hybridized carbons (Fsp3) is 0.381. The van der Waals surface area contributed by atoms with Crippen LogP contribution in [0.1, 0.15) is 37.8 Å². The first kappa shape index (κ1) is 17.3. The summed E-state index contributed by atoms with van der Waals surface area (Å²) in [6.45, 7) is 4.25. The van der Waals surface area contributed by atoms with Gasteiger partial charge in [-0.15, -0.1) is 0 Å². The molecule has 0 heterocycles. The quantitative estimate of drug-likeness (QED) is 0.850. The van der Waals surface area contributed by atoms with E-state index in [2.05, 4.69) is 11.4 Å². The first-order chi connectivity index (χ1) is 12.2. The van der Waals surface area contributed by atoms with E-state index in [1.807, 2.05) is 43.3 Å². The normalized spacial score (nSPS) is 14.3. The standard InChI is InChI=1S/C21H25NO3/c1-3-24-20-13-7-6-12-18(20)22-21(23)15(2)25-19-14-8-10-16-9-4-5-11-17(16)19/h6-8,10,12-15H,3-5,9,11H2,1-2H3,(H,22,23)/t15-/m0/s1. The highest BCUT2D eigenvalue weighted by Gasteiger charge is 2.20. The Morgan fingerprint density at radius 2 is 1.84 bits per heavy atom. The van der Waals surface area contributed by atoms with Crippen LogP contribution in [0.5, 0.6) is 11.5 Å². The van der Waals surface area contributed by atoms with Crippen LogP contribution in [0.15, 0.2) is 42.5 Å². The van der Waals surface area contributed by atoms with Crippen LogP contribution in [-0.4, -0.2) is 18.6 Å². The van der Waals surface area contributed by atoms with Crippen molar-refractivity contribution in [2.45, 2.75) is 45.6 Å².